The summed E-state index contributed by atoms with van der Waals surface area (Å²) in [5.41, 5.74) is 2.87. The molecular weight excluding hydrogens is 354 g/mol. The summed E-state index contributed by atoms with van der Waals surface area (Å²) < 4.78 is 3.22. The minimum atomic E-state index is -0.0371. The van der Waals surface area contributed by atoms with Crippen LogP contribution in [0.25, 0.3) is 10.2 Å². The first-order chi connectivity index (χ1) is 11.9. The number of likely N-dealkylation sites (N-methyl/N-ethyl adjacent to an activating group) is 1. The van der Waals surface area contributed by atoms with Crippen LogP contribution in [0.4, 0.5) is 0 Å². The van der Waals surface area contributed by atoms with Crippen LogP contribution in [-0.2, 0) is 6.54 Å². The molecule has 0 unspecified atom stereocenters. The van der Waals surface area contributed by atoms with E-state index < -0.39 is 0 Å². The van der Waals surface area contributed by atoms with Crippen molar-refractivity contribution in [2.75, 3.05) is 27.2 Å². The van der Waals surface area contributed by atoms with Crippen molar-refractivity contribution in [3.8, 4) is 0 Å². The van der Waals surface area contributed by atoms with Gasteiger partial charge in [-0.2, -0.15) is 0 Å². The van der Waals surface area contributed by atoms with E-state index in [4.69, 9.17) is 11.6 Å². The van der Waals surface area contributed by atoms with Gasteiger partial charge in [0, 0.05) is 29.5 Å². The summed E-state index contributed by atoms with van der Waals surface area (Å²) in [6.07, 6.45) is 0. The molecule has 2 heterocycles. The highest BCUT2D eigenvalue weighted by atomic mass is 35.5. The molecule has 132 valence electrons. The van der Waals surface area contributed by atoms with Crippen molar-refractivity contribution in [3.05, 3.63) is 57.6 Å². The molecule has 0 atom stereocenters. The van der Waals surface area contributed by atoms with Gasteiger partial charge in [-0.05, 0) is 50.8 Å². The molecule has 0 aliphatic carbocycles. The zero-order valence-electron chi connectivity index (χ0n) is 14.7. The second-order valence-electron chi connectivity index (χ2n) is 6.41. The van der Waals surface area contributed by atoms with Gasteiger partial charge in [-0.15, -0.1) is 11.3 Å². The minimum absolute atomic E-state index is 0.0371. The van der Waals surface area contributed by atoms with Gasteiger partial charge >= 0.3 is 0 Å². The van der Waals surface area contributed by atoms with Crippen LogP contribution in [0.2, 0.25) is 5.02 Å². The molecule has 3 aromatic rings. The highest BCUT2D eigenvalue weighted by Crippen LogP contribution is 2.29. The van der Waals surface area contributed by atoms with Crippen molar-refractivity contribution in [2.45, 2.75) is 13.5 Å². The van der Waals surface area contributed by atoms with E-state index in [1.54, 1.807) is 11.3 Å². The van der Waals surface area contributed by atoms with Crippen LogP contribution >= 0.6 is 22.9 Å². The molecule has 0 aliphatic heterocycles. The summed E-state index contributed by atoms with van der Waals surface area (Å²) in [6.45, 7) is 4.15. The molecule has 3 rings (SSSR count). The van der Waals surface area contributed by atoms with E-state index in [0.29, 0.717) is 23.8 Å². The third-order valence-corrected chi connectivity index (χ3v) is 5.24. The van der Waals surface area contributed by atoms with Crippen molar-refractivity contribution < 1.29 is 4.79 Å². The van der Waals surface area contributed by atoms with Gasteiger partial charge in [0.05, 0.1) is 10.2 Å². The first-order valence-corrected chi connectivity index (χ1v) is 9.40. The number of aromatic nitrogens is 1. The molecule has 0 spiro atoms. The lowest BCUT2D eigenvalue weighted by molar-refractivity contribution is 0.0942. The van der Waals surface area contributed by atoms with E-state index in [1.807, 2.05) is 49.3 Å². The zero-order valence-corrected chi connectivity index (χ0v) is 16.2. The summed E-state index contributed by atoms with van der Waals surface area (Å²) in [4.78, 5) is 16.0. The molecule has 0 aliphatic rings. The number of carbonyl (C=O) groups excluding carboxylic acids is 1. The number of aryl methyl sites for hydroxylation is 1. The minimum Gasteiger partial charge on any atom is -0.349 e. The van der Waals surface area contributed by atoms with Crippen molar-refractivity contribution in [1.29, 1.82) is 0 Å². The fourth-order valence-electron chi connectivity index (χ4n) is 2.83. The van der Waals surface area contributed by atoms with E-state index in [2.05, 4.69) is 22.9 Å². The number of hydrogen-bond donors (Lipinski definition) is 1. The number of nitrogens with zero attached hydrogens (tertiary/aromatic N) is 2. The average Bonchev–Trinajstić information content (AvgIpc) is 3.04. The Bertz CT molecular complexity index is 897. The Kier molecular flexibility index (Phi) is 5.47. The third kappa shape index (κ3) is 4.24. The average molecular weight is 376 g/mol. The molecule has 2 aromatic heterocycles. The molecule has 0 fully saturated rings. The number of hydrogen-bond acceptors (Lipinski definition) is 3. The predicted octanol–water partition coefficient (Wildman–Crippen LogP) is 4.00. The van der Waals surface area contributed by atoms with Crippen LogP contribution in [0.5, 0.6) is 0 Å². The Balaban J connectivity index is 1.92. The van der Waals surface area contributed by atoms with Crippen molar-refractivity contribution in [2.24, 2.45) is 0 Å². The molecule has 6 heteroatoms. The number of rotatable bonds is 6. The van der Waals surface area contributed by atoms with E-state index in [9.17, 15) is 4.79 Å². The molecule has 0 bridgehead atoms. The molecule has 0 saturated carbocycles. The smallest absolute Gasteiger partial charge is 0.268 e. The van der Waals surface area contributed by atoms with Gasteiger partial charge in [0.25, 0.3) is 5.91 Å². The normalized spacial score (nSPS) is 11.4. The second-order valence-corrected chi connectivity index (χ2v) is 8.14. The number of amides is 1. The fourth-order valence-corrected chi connectivity index (χ4v) is 4.00. The monoisotopic (exact) mass is 375 g/mol. The van der Waals surface area contributed by atoms with Crippen LogP contribution in [0.3, 0.4) is 0 Å². The van der Waals surface area contributed by atoms with E-state index in [1.165, 1.54) is 4.88 Å². The number of halogens is 1. The van der Waals surface area contributed by atoms with Gasteiger partial charge in [0.15, 0.2) is 0 Å². The lowest BCUT2D eigenvalue weighted by Crippen LogP contribution is -2.32. The molecule has 1 amide bonds. The first-order valence-electron chi connectivity index (χ1n) is 8.21. The quantitative estimate of drug-likeness (QED) is 0.707. The summed E-state index contributed by atoms with van der Waals surface area (Å²) in [6, 6.07) is 11.9. The van der Waals surface area contributed by atoms with E-state index in [-0.39, 0.29) is 5.91 Å². The van der Waals surface area contributed by atoms with Gasteiger partial charge in [0.1, 0.15) is 5.69 Å². The summed E-state index contributed by atoms with van der Waals surface area (Å²) >= 11 is 7.83. The molecule has 1 N–H and O–H groups in total. The van der Waals surface area contributed by atoms with E-state index in [0.717, 1.165) is 22.3 Å². The first kappa shape index (κ1) is 18.0. The topological polar surface area (TPSA) is 37.3 Å². The van der Waals surface area contributed by atoms with Crippen molar-refractivity contribution >= 4 is 39.1 Å². The maximum Gasteiger partial charge on any atom is 0.268 e. The largest absolute Gasteiger partial charge is 0.349 e. The van der Waals surface area contributed by atoms with Crippen LogP contribution in [0.15, 0.2) is 36.4 Å². The lowest BCUT2D eigenvalue weighted by atomic mass is 10.2. The van der Waals surface area contributed by atoms with Gasteiger partial charge in [-0.3, -0.25) is 4.79 Å². The Morgan fingerprint density at radius 3 is 2.80 bits per heavy atom. The Morgan fingerprint density at radius 2 is 2.08 bits per heavy atom. The van der Waals surface area contributed by atoms with Gasteiger partial charge in [-0.25, -0.2) is 0 Å². The van der Waals surface area contributed by atoms with Crippen molar-refractivity contribution in [1.82, 2.24) is 14.8 Å². The standard InChI is InChI=1S/C19H22ClN3OS/c1-13-9-16-18(25-13)11-17(19(24)21-7-8-22(2)3)23(16)12-14-5-4-6-15(20)10-14/h4-6,9-11H,7-8,12H2,1-3H3,(H,21,24). The maximum atomic E-state index is 12.7. The summed E-state index contributed by atoms with van der Waals surface area (Å²) in [7, 11) is 3.99. The Labute approximate surface area is 157 Å². The second kappa shape index (κ2) is 7.60. The Morgan fingerprint density at radius 1 is 1.28 bits per heavy atom. The molecular formula is C19H22ClN3OS. The van der Waals surface area contributed by atoms with Crippen LogP contribution in [0.1, 0.15) is 20.9 Å². The number of nitrogens with one attached hydrogen (secondary N) is 1. The highest BCUT2D eigenvalue weighted by molar-refractivity contribution is 7.19. The van der Waals surface area contributed by atoms with Crippen LogP contribution in [0, 0.1) is 6.92 Å². The van der Waals surface area contributed by atoms with Gasteiger partial charge in [0.2, 0.25) is 0 Å². The number of thiophene rings is 1. The lowest BCUT2D eigenvalue weighted by Gasteiger charge is -2.13. The predicted molar refractivity (Wildman–Crippen MR) is 106 cm³/mol. The third-order valence-electron chi connectivity index (χ3n) is 4.02. The zero-order chi connectivity index (χ0) is 18.0. The van der Waals surface area contributed by atoms with Crippen molar-refractivity contribution in [3.63, 3.8) is 0 Å². The molecule has 0 saturated heterocycles. The molecule has 25 heavy (non-hydrogen) atoms. The number of carbonyl (C=O) groups is 1. The summed E-state index contributed by atoms with van der Waals surface area (Å²) in [5, 5.41) is 3.72. The fraction of sp³-hybridized carbons (Fsp3) is 0.316. The van der Waals surface area contributed by atoms with Crippen LogP contribution < -0.4 is 5.32 Å². The van der Waals surface area contributed by atoms with Crippen LogP contribution in [-0.4, -0.2) is 42.6 Å². The molecule has 1 aromatic carbocycles. The summed E-state index contributed by atoms with van der Waals surface area (Å²) in [5.74, 6) is -0.0371. The van der Waals surface area contributed by atoms with Gasteiger partial charge in [-0.1, -0.05) is 23.7 Å². The van der Waals surface area contributed by atoms with Gasteiger partial charge < -0.3 is 14.8 Å². The number of fused-ring (bicyclic) bond motifs is 1. The van der Waals surface area contributed by atoms with E-state index >= 15 is 0 Å². The Hall–Kier alpha value is -1.82. The molecule has 4 nitrogen and oxygen atoms in total. The highest BCUT2D eigenvalue weighted by Gasteiger charge is 2.17. The molecule has 0 radical (unpaired) electrons. The SMILES string of the molecule is Cc1cc2c(cc(C(=O)NCCN(C)C)n2Cc2cccc(Cl)c2)s1. The maximum absolute atomic E-state index is 12.7. The number of benzene rings is 1.